The van der Waals surface area contributed by atoms with Crippen LogP contribution < -0.4 is 0 Å². The molecule has 5 rings (SSSR count). The summed E-state index contributed by atoms with van der Waals surface area (Å²) in [5, 5.41) is 0. The third kappa shape index (κ3) is 11.4. The van der Waals surface area contributed by atoms with Crippen LogP contribution in [0.4, 0.5) is 0 Å². The van der Waals surface area contributed by atoms with E-state index in [0.29, 0.717) is 69.2 Å². The highest BCUT2D eigenvalue weighted by Crippen LogP contribution is 2.38. The van der Waals surface area contributed by atoms with E-state index < -0.39 is 0 Å². The first-order valence-electron chi connectivity index (χ1n) is 21.6. The summed E-state index contributed by atoms with van der Waals surface area (Å²) >= 11 is 0. The number of H-pyrrole nitrogens is 2. The van der Waals surface area contributed by atoms with Crippen molar-refractivity contribution in [2.45, 2.75) is 132 Å². The molecule has 0 unspecified atom stereocenters. The second-order valence-electron chi connectivity index (χ2n) is 15.5. The van der Waals surface area contributed by atoms with E-state index in [1.807, 2.05) is 73.6 Å². The number of aromatic nitrogens is 4. The lowest BCUT2D eigenvalue weighted by atomic mass is 9.98. The number of carbonyl (C=O) groups excluding carboxylic acids is 4. The molecule has 0 atom stereocenters. The van der Waals surface area contributed by atoms with Crippen LogP contribution in [0.1, 0.15) is 151 Å². The summed E-state index contributed by atoms with van der Waals surface area (Å²) in [7, 11) is 0. The van der Waals surface area contributed by atoms with Gasteiger partial charge in [0.05, 0.1) is 49.2 Å². The number of aromatic amines is 2. The summed E-state index contributed by atoms with van der Waals surface area (Å²) in [6.07, 6.45) is 5.56. The van der Waals surface area contributed by atoms with Gasteiger partial charge in [0, 0.05) is 47.8 Å². The molecule has 2 aliphatic rings. The summed E-state index contributed by atoms with van der Waals surface area (Å²) in [4.78, 5) is 68.7. The number of ether oxygens (including phenoxy) is 4. The Morgan fingerprint density at radius 2 is 0.783 bits per heavy atom. The van der Waals surface area contributed by atoms with E-state index in [1.165, 1.54) is 0 Å². The van der Waals surface area contributed by atoms with Gasteiger partial charge in [0.1, 0.15) is 0 Å². The fourth-order valence-corrected chi connectivity index (χ4v) is 7.55. The number of aryl methyl sites for hydroxylation is 4. The van der Waals surface area contributed by atoms with Crippen LogP contribution in [0, 0.1) is 13.8 Å². The van der Waals surface area contributed by atoms with Crippen LogP contribution in [-0.4, -0.2) is 70.2 Å². The molecule has 60 heavy (non-hydrogen) atoms. The van der Waals surface area contributed by atoms with E-state index in [2.05, 4.69) is 16.0 Å². The van der Waals surface area contributed by atoms with Gasteiger partial charge in [-0.05, 0) is 148 Å². The van der Waals surface area contributed by atoms with Gasteiger partial charge in [-0.1, -0.05) is 27.7 Å². The first-order chi connectivity index (χ1) is 28.9. The molecule has 0 amide bonds. The minimum atomic E-state index is -0.265. The smallest absolute Gasteiger partial charge is 0.306 e. The molecule has 12 nitrogen and oxygen atoms in total. The van der Waals surface area contributed by atoms with Gasteiger partial charge in [-0.2, -0.15) is 0 Å². The van der Waals surface area contributed by atoms with Crippen molar-refractivity contribution >= 4 is 68.2 Å². The average molecular weight is 823 g/mol. The zero-order chi connectivity index (χ0) is 43.3. The third-order valence-electron chi connectivity index (χ3n) is 11.0. The summed E-state index contributed by atoms with van der Waals surface area (Å²) < 4.78 is 21.8. The largest absolute Gasteiger partial charge is 0.466 e. The molecule has 12 heteroatoms. The molecule has 3 aromatic rings. The van der Waals surface area contributed by atoms with Crippen LogP contribution in [0.2, 0.25) is 0 Å². The highest BCUT2D eigenvalue weighted by atomic mass is 16.5. The summed E-state index contributed by atoms with van der Waals surface area (Å²) in [6.45, 7) is 17.5. The molecule has 0 aromatic carbocycles. The van der Waals surface area contributed by atoms with Gasteiger partial charge in [0.2, 0.25) is 0 Å². The monoisotopic (exact) mass is 822 g/mol. The molecular formula is C48H62N4O8. The van der Waals surface area contributed by atoms with Crippen molar-refractivity contribution in [3.63, 3.8) is 0 Å². The Balaban J connectivity index is 1.78. The summed E-state index contributed by atoms with van der Waals surface area (Å²) in [5.41, 5.74) is 13.8. The van der Waals surface area contributed by atoms with E-state index in [9.17, 15) is 19.2 Å². The molecule has 5 heterocycles. The highest BCUT2D eigenvalue weighted by Gasteiger charge is 2.24. The topological polar surface area (TPSA) is 163 Å². The number of allylic oxidation sites excluding steroid dienone is 4. The van der Waals surface area contributed by atoms with E-state index in [0.717, 1.165) is 98.0 Å². The molecule has 0 saturated carbocycles. The number of esters is 4. The van der Waals surface area contributed by atoms with E-state index >= 15 is 0 Å². The standard InChI is InChI=1S/C48H62N4O8/c1-9-21-57-45(53)17-13-33-29(5)37-26-42-35(15-19-47(55)59-23-11-3)31(7)39(51-42)28-44-36(16-20-48(56)60-24-12-4)32(8)40(52-44)27-43-34(14-18-46(54)58-22-10-2)30(6)38(50-43)25-41(33)49-37/h25-28,49-50H,9-24H2,1-8H3. The predicted molar refractivity (Wildman–Crippen MR) is 236 cm³/mol. The number of hydrogen-bond donors (Lipinski definition) is 2. The average Bonchev–Trinajstić information content (AvgIpc) is 3.89. The van der Waals surface area contributed by atoms with Crippen LogP contribution >= 0.6 is 0 Å². The number of fused-ring (bicyclic) bond motifs is 8. The molecule has 2 N–H and O–H groups in total. The molecule has 0 aliphatic carbocycles. The molecule has 0 saturated heterocycles. The number of nitrogens with one attached hydrogen (secondary N) is 2. The van der Waals surface area contributed by atoms with E-state index in [4.69, 9.17) is 28.9 Å². The number of rotatable bonds is 20. The van der Waals surface area contributed by atoms with E-state index in [1.54, 1.807) is 0 Å². The zero-order valence-electron chi connectivity index (χ0n) is 36.8. The molecular weight excluding hydrogens is 761 g/mol. The molecule has 2 aliphatic heterocycles. The second kappa shape index (κ2) is 21.7. The van der Waals surface area contributed by atoms with Gasteiger partial charge in [-0.25, -0.2) is 9.97 Å². The second-order valence-corrected chi connectivity index (χ2v) is 15.5. The van der Waals surface area contributed by atoms with Gasteiger partial charge >= 0.3 is 23.9 Å². The number of nitrogens with zero attached hydrogens (tertiary/aromatic N) is 2. The Morgan fingerprint density at radius 1 is 0.450 bits per heavy atom. The molecule has 0 fully saturated rings. The molecule has 8 bridgehead atoms. The lowest BCUT2D eigenvalue weighted by Crippen LogP contribution is -2.06. The van der Waals surface area contributed by atoms with E-state index in [-0.39, 0.29) is 49.6 Å². The van der Waals surface area contributed by atoms with Gasteiger partial charge in [0.25, 0.3) is 0 Å². The van der Waals surface area contributed by atoms with Crippen molar-refractivity contribution in [2.75, 3.05) is 26.4 Å². The maximum Gasteiger partial charge on any atom is 0.306 e. The molecule has 3 aromatic heterocycles. The zero-order valence-corrected chi connectivity index (χ0v) is 36.8. The molecule has 322 valence electrons. The number of hydrogen-bond acceptors (Lipinski definition) is 10. The fourth-order valence-electron chi connectivity index (χ4n) is 7.55. The summed E-state index contributed by atoms with van der Waals surface area (Å²) in [6, 6.07) is 8.06. The maximum absolute atomic E-state index is 12.8. The predicted octanol–water partition coefficient (Wildman–Crippen LogP) is 10.0. The highest BCUT2D eigenvalue weighted by molar-refractivity contribution is 5.96. The Bertz CT molecular complexity index is 2310. The van der Waals surface area contributed by atoms with Gasteiger partial charge < -0.3 is 28.9 Å². The lowest BCUT2D eigenvalue weighted by molar-refractivity contribution is -0.144. The Morgan fingerprint density at radius 3 is 1.20 bits per heavy atom. The number of carbonyl (C=O) groups is 4. The Kier molecular flexibility index (Phi) is 16.4. The van der Waals surface area contributed by atoms with Crippen LogP contribution in [0.3, 0.4) is 0 Å². The van der Waals surface area contributed by atoms with Crippen LogP contribution in [0.25, 0.3) is 44.4 Å². The lowest BCUT2D eigenvalue weighted by Gasteiger charge is -2.07. The Hall–Kier alpha value is -5.52. The summed E-state index contributed by atoms with van der Waals surface area (Å²) in [5.74, 6) is -1.03. The van der Waals surface area contributed by atoms with Crippen LogP contribution in [-0.2, 0) is 51.0 Å². The fraction of sp³-hybridized carbons (Fsp3) is 0.500. The minimum Gasteiger partial charge on any atom is -0.466 e. The maximum atomic E-state index is 12.8. The third-order valence-corrected chi connectivity index (χ3v) is 11.0. The van der Waals surface area contributed by atoms with Crippen LogP contribution in [0.15, 0.2) is 24.3 Å². The first kappa shape index (κ1) is 45.6. The van der Waals surface area contributed by atoms with Gasteiger partial charge in [-0.3, -0.25) is 19.2 Å². The van der Waals surface area contributed by atoms with Crippen LogP contribution in [0.5, 0.6) is 0 Å². The molecule has 0 spiro atoms. The Labute approximate surface area is 353 Å². The van der Waals surface area contributed by atoms with Crippen molar-refractivity contribution in [1.82, 2.24) is 19.9 Å². The molecule has 0 radical (unpaired) electrons. The van der Waals surface area contributed by atoms with Crippen molar-refractivity contribution in [3.05, 3.63) is 69.3 Å². The normalized spacial score (nSPS) is 12.5. The van der Waals surface area contributed by atoms with Crippen molar-refractivity contribution in [1.29, 1.82) is 0 Å². The quantitative estimate of drug-likeness (QED) is 0.0828. The van der Waals surface area contributed by atoms with Crippen molar-refractivity contribution < 1.29 is 38.1 Å². The van der Waals surface area contributed by atoms with Crippen molar-refractivity contribution in [3.8, 4) is 0 Å². The van der Waals surface area contributed by atoms with Gasteiger partial charge in [-0.15, -0.1) is 0 Å². The van der Waals surface area contributed by atoms with Gasteiger partial charge in [0.15, 0.2) is 0 Å². The SMILES string of the molecule is CCCOC(=O)CCC1=C(C)c2cc3[nH]c(cc4[nH]c(cc5nc(cc1n2)C(C)=C5CCC(=O)OCCC)c(C)c4CCC(=O)OCCC)c(C)c3CCC(=O)OCCC. The van der Waals surface area contributed by atoms with Crippen molar-refractivity contribution in [2.24, 2.45) is 0 Å². The minimum absolute atomic E-state index is 0.198. The first-order valence-corrected chi connectivity index (χ1v) is 21.6.